The highest BCUT2D eigenvalue weighted by atomic mass is 19.1. The molecule has 4 aliphatic rings. The SMILES string of the molecule is Cc1cc(N=C(C2=C(N)CCN(C(=O)c3cc4cc([C@H]5CCOC(C)(C)C5)ccc4n3[C@@]3(c4noc(=O)[nH]4)C[C@@H]3C)[C@H]2C)n2ccn(-c3ccc4c(cnn4CC4CC4)c3F)c2=O)cc(C)c1F. The largest absolute Gasteiger partial charge is 0.438 e. The Morgan fingerprint density at radius 2 is 1.72 bits per heavy atom. The van der Waals surface area contributed by atoms with E-state index in [0.717, 1.165) is 42.1 Å². The van der Waals surface area contributed by atoms with Gasteiger partial charge in [0.25, 0.3) is 5.91 Å². The van der Waals surface area contributed by atoms with E-state index in [1.54, 1.807) is 43.0 Å². The van der Waals surface area contributed by atoms with Crippen molar-refractivity contribution in [2.75, 3.05) is 13.2 Å². The first kappa shape index (κ1) is 43.7. The summed E-state index contributed by atoms with van der Waals surface area (Å²) in [5, 5.41) is 9.79. The summed E-state index contributed by atoms with van der Waals surface area (Å²) in [6.45, 7) is 13.0. The molecule has 2 aliphatic carbocycles. The van der Waals surface area contributed by atoms with Crippen molar-refractivity contribution in [2.45, 2.75) is 110 Å². The summed E-state index contributed by atoms with van der Waals surface area (Å²) in [6.07, 6.45) is 9.25. The first-order valence-electron chi connectivity index (χ1n) is 23.5. The molecule has 17 heteroatoms. The molecule has 7 aromatic rings. The van der Waals surface area contributed by atoms with Crippen LogP contribution in [0.1, 0.15) is 105 Å². The Labute approximate surface area is 389 Å². The highest BCUT2D eigenvalue weighted by Gasteiger charge is 2.59. The van der Waals surface area contributed by atoms with Gasteiger partial charge >= 0.3 is 11.4 Å². The van der Waals surface area contributed by atoms with Crippen LogP contribution in [0.25, 0.3) is 27.5 Å². The molecule has 15 nitrogen and oxygen atoms in total. The Balaban J connectivity index is 1.02. The molecule has 2 saturated carbocycles. The van der Waals surface area contributed by atoms with Gasteiger partial charge in [0.05, 0.1) is 40.1 Å². The van der Waals surface area contributed by atoms with Crippen LogP contribution in [-0.2, 0) is 16.8 Å². The molecule has 2 aliphatic heterocycles. The van der Waals surface area contributed by atoms with Crippen LogP contribution in [0.4, 0.5) is 14.5 Å². The maximum absolute atomic E-state index is 16.4. The number of imidazole rings is 1. The average molecular weight is 925 g/mol. The summed E-state index contributed by atoms with van der Waals surface area (Å²) in [7, 11) is 0. The number of nitrogens with two attached hydrogens (primary N) is 1. The lowest BCUT2D eigenvalue weighted by Crippen LogP contribution is -2.49. The number of hydrogen-bond donors (Lipinski definition) is 2. The second-order valence-electron chi connectivity index (χ2n) is 20.1. The van der Waals surface area contributed by atoms with E-state index < -0.39 is 28.8 Å². The number of H-pyrrole nitrogens is 1. The van der Waals surface area contributed by atoms with Gasteiger partial charge in [-0.3, -0.25) is 28.1 Å². The maximum Gasteiger partial charge on any atom is 0.438 e. The number of aromatic amines is 1. The molecule has 0 unspecified atom stereocenters. The first-order chi connectivity index (χ1) is 32.5. The molecule has 1 amide bonds. The van der Waals surface area contributed by atoms with Gasteiger partial charge in [-0.2, -0.15) is 5.10 Å². The van der Waals surface area contributed by atoms with Crippen molar-refractivity contribution in [3.63, 3.8) is 0 Å². The Bertz CT molecular complexity index is 3370. The fourth-order valence-corrected chi connectivity index (χ4v) is 11.0. The number of fused-ring (bicyclic) bond motifs is 2. The molecule has 3 fully saturated rings. The van der Waals surface area contributed by atoms with Crippen LogP contribution in [0.5, 0.6) is 0 Å². The number of carbonyl (C=O) groups is 1. The number of halogens is 2. The molecule has 11 rings (SSSR count). The van der Waals surface area contributed by atoms with Gasteiger partial charge in [-0.15, -0.1) is 0 Å². The molecule has 3 N–H and O–H groups in total. The monoisotopic (exact) mass is 924 g/mol. The predicted molar refractivity (Wildman–Crippen MR) is 253 cm³/mol. The van der Waals surface area contributed by atoms with Crippen LogP contribution in [0.2, 0.25) is 0 Å². The lowest BCUT2D eigenvalue weighted by molar-refractivity contribution is -0.0592. The summed E-state index contributed by atoms with van der Waals surface area (Å²) in [5.41, 5.74) is 10.1. The van der Waals surface area contributed by atoms with E-state index in [2.05, 4.69) is 41.2 Å². The number of rotatable bonds is 9. The van der Waals surface area contributed by atoms with Gasteiger partial charge in [-0.25, -0.2) is 23.4 Å². The molecule has 0 spiro atoms. The third kappa shape index (κ3) is 7.15. The Kier molecular flexibility index (Phi) is 10.2. The van der Waals surface area contributed by atoms with E-state index >= 15 is 13.6 Å². The number of amides is 1. The van der Waals surface area contributed by atoms with Crippen molar-refractivity contribution in [1.82, 2.24) is 38.5 Å². The minimum Gasteiger partial charge on any atom is -0.402 e. The van der Waals surface area contributed by atoms with E-state index in [0.29, 0.717) is 76.0 Å². The smallest absolute Gasteiger partial charge is 0.402 e. The molecular weight excluding hydrogens is 871 g/mol. The third-order valence-corrected chi connectivity index (χ3v) is 14.9. The van der Waals surface area contributed by atoms with Gasteiger partial charge < -0.3 is 19.9 Å². The van der Waals surface area contributed by atoms with Gasteiger partial charge in [0, 0.05) is 60.7 Å². The van der Waals surface area contributed by atoms with Gasteiger partial charge in [-0.05, 0) is 144 Å². The van der Waals surface area contributed by atoms with Crippen LogP contribution in [-0.4, -0.2) is 75.1 Å². The van der Waals surface area contributed by atoms with Crippen LogP contribution >= 0.6 is 0 Å². The highest BCUT2D eigenvalue weighted by Crippen LogP contribution is 2.56. The normalized spacial score (nSPS) is 23.0. The molecule has 3 aromatic carbocycles. The lowest BCUT2D eigenvalue weighted by Gasteiger charge is -2.37. The van der Waals surface area contributed by atoms with Crippen LogP contribution in [0, 0.1) is 37.3 Å². The van der Waals surface area contributed by atoms with E-state index in [9.17, 15) is 9.59 Å². The Morgan fingerprint density at radius 3 is 2.41 bits per heavy atom. The zero-order valence-corrected chi connectivity index (χ0v) is 39.0. The van der Waals surface area contributed by atoms with E-state index in [4.69, 9.17) is 20.0 Å². The minimum absolute atomic E-state index is 0.0204. The van der Waals surface area contributed by atoms with Crippen molar-refractivity contribution in [1.29, 1.82) is 0 Å². The number of aliphatic imine (C=N–C) groups is 1. The van der Waals surface area contributed by atoms with Crippen molar-refractivity contribution in [3.05, 3.63) is 139 Å². The molecule has 68 heavy (non-hydrogen) atoms. The van der Waals surface area contributed by atoms with Gasteiger partial charge in [-0.1, -0.05) is 18.1 Å². The molecule has 4 aromatic heterocycles. The van der Waals surface area contributed by atoms with Crippen LogP contribution in [0.3, 0.4) is 0 Å². The molecule has 0 radical (unpaired) electrons. The summed E-state index contributed by atoms with van der Waals surface area (Å²) in [4.78, 5) is 52.3. The van der Waals surface area contributed by atoms with Crippen molar-refractivity contribution < 1.29 is 22.8 Å². The average Bonchev–Trinajstić information content (AvgIpc) is 3.95. The van der Waals surface area contributed by atoms with Gasteiger partial charge in [0.2, 0.25) is 0 Å². The second-order valence-corrected chi connectivity index (χ2v) is 20.1. The Hall–Kier alpha value is -6.88. The summed E-state index contributed by atoms with van der Waals surface area (Å²) >= 11 is 0. The number of aryl methyl sites for hydroxylation is 2. The molecule has 6 heterocycles. The van der Waals surface area contributed by atoms with Crippen LogP contribution in [0.15, 0.2) is 97.5 Å². The zero-order chi connectivity index (χ0) is 47.6. The van der Waals surface area contributed by atoms with E-state index in [1.165, 1.54) is 27.7 Å². The summed E-state index contributed by atoms with van der Waals surface area (Å²) in [6, 6.07) is 14.0. The quantitative estimate of drug-likeness (QED) is 0.108. The summed E-state index contributed by atoms with van der Waals surface area (Å²) in [5.74, 6) is -0.768. The highest BCUT2D eigenvalue weighted by molar-refractivity contribution is 6.05. The van der Waals surface area contributed by atoms with Gasteiger partial charge in [0.15, 0.2) is 11.6 Å². The minimum atomic E-state index is -0.882. The molecule has 0 bridgehead atoms. The number of hydrogen-bond acceptors (Lipinski definition) is 9. The topological polar surface area (TPSA) is 176 Å². The fourth-order valence-electron chi connectivity index (χ4n) is 11.0. The predicted octanol–water partition coefficient (Wildman–Crippen LogP) is 8.11. The van der Waals surface area contributed by atoms with Gasteiger partial charge in [0.1, 0.15) is 22.9 Å². The van der Waals surface area contributed by atoms with E-state index in [-0.39, 0.29) is 53.6 Å². The second kappa shape index (κ2) is 15.9. The first-order valence-corrected chi connectivity index (χ1v) is 23.5. The molecular formula is C51H54F2N10O5. The number of benzene rings is 3. The molecule has 1 saturated heterocycles. The van der Waals surface area contributed by atoms with Crippen LogP contribution < -0.4 is 17.2 Å². The van der Waals surface area contributed by atoms with Crippen molar-refractivity contribution >= 4 is 39.2 Å². The van der Waals surface area contributed by atoms with E-state index in [1.807, 2.05) is 35.2 Å². The number of ether oxygens (including phenoxy) is 1. The number of nitrogens with one attached hydrogen (secondary N) is 1. The van der Waals surface area contributed by atoms with Crippen molar-refractivity contribution in [2.24, 2.45) is 22.6 Å². The number of nitrogens with zero attached hydrogens (tertiary/aromatic N) is 8. The maximum atomic E-state index is 16.4. The number of aromatic nitrogens is 7. The third-order valence-electron chi connectivity index (χ3n) is 14.9. The summed E-state index contributed by atoms with van der Waals surface area (Å²) < 4.78 is 48.9. The standard InChI is InChI=1S/C51H54F2N10O5/c1-27-19-35(20-28(2)43(27)52)56-45(61-17-16-60(49(61)66)40-12-11-39-36(44(40)53)25-55-62(39)26-31-7-8-31)42-30(4)59(15-13-37(42)54)46(64)41-22-34-21-32(33-14-18-67-50(5,6)24-33)9-10-38(34)63(41)51(23-29(51)3)47-57-48(65)68-58-47/h9-12,16-17,19-22,25,29-31,33H,7-8,13-15,18,23-24,26,54H2,1-6H3,(H,57,58,65)/t29-,30-,33-,51-/m0/s1. The lowest BCUT2D eigenvalue weighted by atomic mass is 9.83. The molecule has 4 atom stereocenters. The fraction of sp³-hybridized carbons (Fsp3) is 0.412. The molecule has 352 valence electrons. The zero-order valence-electron chi connectivity index (χ0n) is 39.0. The van der Waals surface area contributed by atoms with Crippen molar-refractivity contribution in [3.8, 4) is 5.69 Å². The number of carbonyl (C=O) groups excluding carboxylic acids is 1. The Morgan fingerprint density at radius 1 is 0.971 bits per heavy atom.